The lowest BCUT2D eigenvalue weighted by Gasteiger charge is -2.11. The van der Waals surface area contributed by atoms with E-state index in [1.807, 2.05) is 32.0 Å². The minimum atomic E-state index is 0.177. The summed E-state index contributed by atoms with van der Waals surface area (Å²) in [5.74, 6) is 0.825. The van der Waals surface area contributed by atoms with Crippen molar-refractivity contribution in [1.82, 2.24) is 0 Å². The van der Waals surface area contributed by atoms with Crippen LogP contribution in [0.25, 0.3) is 0 Å². The molecule has 84 valence electrons. The molecular formula is C12H18ClNO. The van der Waals surface area contributed by atoms with E-state index in [0.717, 1.165) is 29.2 Å². The van der Waals surface area contributed by atoms with Crippen LogP contribution in [0.5, 0.6) is 5.75 Å². The molecule has 0 aliphatic carbocycles. The van der Waals surface area contributed by atoms with Crippen LogP contribution < -0.4 is 10.5 Å². The molecule has 0 aliphatic heterocycles. The minimum absolute atomic E-state index is 0.177. The summed E-state index contributed by atoms with van der Waals surface area (Å²) in [7, 11) is 0. The van der Waals surface area contributed by atoms with Gasteiger partial charge in [0.1, 0.15) is 5.75 Å². The highest BCUT2D eigenvalue weighted by atomic mass is 35.5. The van der Waals surface area contributed by atoms with Gasteiger partial charge in [0.05, 0.1) is 6.10 Å². The summed E-state index contributed by atoms with van der Waals surface area (Å²) in [6.45, 7) is 4.69. The molecule has 0 atom stereocenters. The molecule has 1 rings (SSSR count). The summed E-state index contributed by atoms with van der Waals surface area (Å²) >= 11 is 6.13. The molecule has 15 heavy (non-hydrogen) atoms. The molecule has 0 heterocycles. The maximum absolute atomic E-state index is 6.13. The Morgan fingerprint density at radius 1 is 1.40 bits per heavy atom. The van der Waals surface area contributed by atoms with Crippen molar-refractivity contribution in [3.8, 4) is 5.75 Å². The molecule has 0 aromatic heterocycles. The third kappa shape index (κ3) is 4.10. The molecule has 0 bridgehead atoms. The van der Waals surface area contributed by atoms with Gasteiger partial charge >= 0.3 is 0 Å². The van der Waals surface area contributed by atoms with Crippen molar-refractivity contribution in [3.05, 3.63) is 28.8 Å². The summed E-state index contributed by atoms with van der Waals surface area (Å²) in [5, 5.41) is 0.765. The average Bonchev–Trinajstić information content (AvgIpc) is 2.15. The van der Waals surface area contributed by atoms with E-state index in [9.17, 15) is 0 Å². The second-order valence-electron chi connectivity index (χ2n) is 3.81. The SMILES string of the molecule is CC(C)Oc1ccc(CCCN)c(Cl)c1. The number of benzene rings is 1. The number of hydrogen-bond acceptors (Lipinski definition) is 2. The molecule has 0 radical (unpaired) electrons. The number of aryl methyl sites for hydroxylation is 1. The van der Waals surface area contributed by atoms with Gasteiger partial charge in [-0.2, -0.15) is 0 Å². The fourth-order valence-electron chi connectivity index (χ4n) is 1.37. The summed E-state index contributed by atoms with van der Waals surface area (Å²) in [4.78, 5) is 0. The van der Waals surface area contributed by atoms with Gasteiger partial charge in [-0.1, -0.05) is 17.7 Å². The molecule has 0 aliphatic rings. The van der Waals surface area contributed by atoms with E-state index in [-0.39, 0.29) is 6.10 Å². The van der Waals surface area contributed by atoms with Crippen molar-refractivity contribution in [1.29, 1.82) is 0 Å². The van der Waals surface area contributed by atoms with Crippen LogP contribution in [-0.4, -0.2) is 12.6 Å². The van der Waals surface area contributed by atoms with Crippen LogP contribution in [0, 0.1) is 0 Å². The predicted molar refractivity (Wildman–Crippen MR) is 64.6 cm³/mol. The van der Waals surface area contributed by atoms with Crippen molar-refractivity contribution in [2.75, 3.05) is 6.54 Å². The van der Waals surface area contributed by atoms with Gasteiger partial charge in [-0.15, -0.1) is 0 Å². The van der Waals surface area contributed by atoms with Crippen LogP contribution in [0.4, 0.5) is 0 Å². The number of nitrogens with two attached hydrogens (primary N) is 1. The lowest BCUT2D eigenvalue weighted by atomic mass is 10.1. The van der Waals surface area contributed by atoms with E-state index < -0.39 is 0 Å². The van der Waals surface area contributed by atoms with Gasteiger partial charge < -0.3 is 10.5 Å². The van der Waals surface area contributed by atoms with Crippen LogP contribution >= 0.6 is 11.6 Å². The molecule has 0 saturated carbocycles. The predicted octanol–water partition coefficient (Wildman–Crippen LogP) is 3.02. The Labute approximate surface area is 96.4 Å². The highest BCUT2D eigenvalue weighted by Crippen LogP contribution is 2.24. The first-order valence-corrected chi connectivity index (χ1v) is 5.66. The third-order valence-corrected chi connectivity index (χ3v) is 2.40. The number of halogens is 1. The van der Waals surface area contributed by atoms with Crippen LogP contribution in [0.3, 0.4) is 0 Å². The molecule has 2 nitrogen and oxygen atoms in total. The summed E-state index contributed by atoms with van der Waals surface area (Å²) < 4.78 is 5.55. The zero-order chi connectivity index (χ0) is 11.3. The van der Waals surface area contributed by atoms with Crippen molar-refractivity contribution in [3.63, 3.8) is 0 Å². The van der Waals surface area contributed by atoms with Gasteiger partial charge in [0.25, 0.3) is 0 Å². The van der Waals surface area contributed by atoms with E-state index >= 15 is 0 Å². The molecule has 1 aromatic carbocycles. The van der Waals surface area contributed by atoms with E-state index in [0.29, 0.717) is 6.54 Å². The summed E-state index contributed by atoms with van der Waals surface area (Å²) in [6, 6.07) is 5.83. The quantitative estimate of drug-likeness (QED) is 0.839. The van der Waals surface area contributed by atoms with Crippen LogP contribution in [0.2, 0.25) is 5.02 Å². The van der Waals surface area contributed by atoms with Crippen LogP contribution in [0.1, 0.15) is 25.8 Å². The number of rotatable bonds is 5. The van der Waals surface area contributed by atoms with Crippen molar-refractivity contribution < 1.29 is 4.74 Å². The van der Waals surface area contributed by atoms with E-state index in [4.69, 9.17) is 22.1 Å². The molecule has 0 saturated heterocycles. The molecule has 3 heteroatoms. The normalized spacial score (nSPS) is 10.7. The first-order valence-electron chi connectivity index (χ1n) is 5.28. The van der Waals surface area contributed by atoms with Crippen molar-refractivity contribution >= 4 is 11.6 Å². The van der Waals surface area contributed by atoms with Crippen molar-refractivity contribution in [2.24, 2.45) is 5.73 Å². The largest absolute Gasteiger partial charge is 0.491 e. The number of hydrogen-bond donors (Lipinski definition) is 1. The fraction of sp³-hybridized carbons (Fsp3) is 0.500. The van der Waals surface area contributed by atoms with Gasteiger partial charge in [-0.25, -0.2) is 0 Å². The zero-order valence-electron chi connectivity index (χ0n) is 9.29. The van der Waals surface area contributed by atoms with Crippen molar-refractivity contribution in [2.45, 2.75) is 32.8 Å². The van der Waals surface area contributed by atoms with Gasteiger partial charge in [-0.05, 0) is 50.9 Å². The molecule has 0 amide bonds. The molecule has 1 aromatic rings. The lowest BCUT2D eigenvalue weighted by Crippen LogP contribution is -2.05. The summed E-state index contributed by atoms with van der Waals surface area (Å²) in [5.41, 5.74) is 6.59. The first-order chi connectivity index (χ1) is 7.13. The molecular weight excluding hydrogens is 210 g/mol. The maximum atomic E-state index is 6.13. The van der Waals surface area contributed by atoms with Gasteiger partial charge in [0.2, 0.25) is 0 Å². The van der Waals surface area contributed by atoms with E-state index in [1.165, 1.54) is 0 Å². The van der Waals surface area contributed by atoms with Crippen LogP contribution in [-0.2, 0) is 6.42 Å². The molecule has 0 unspecified atom stereocenters. The topological polar surface area (TPSA) is 35.2 Å². The first kappa shape index (κ1) is 12.3. The fourth-order valence-corrected chi connectivity index (χ4v) is 1.63. The standard InChI is InChI=1S/C12H18ClNO/c1-9(2)15-11-6-5-10(4-3-7-14)12(13)8-11/h5-6,8-9H,3-4,7,14H2,1-2H3. The third-order valence-electron chi connectivity index (χ3n) is 2.05. The van der Waals surface area contributed by atoms with Crippen LogP contribution in [0.15, 0.2) is 18.2 Å². The Kier molecular flexibility index (Phi) is 4.92. The minimum Gasteiger partial charge on any atom is -0.491 e. The average molecular weight is 228 g/mol. The molecule has 2 N–H and O–H groups in total. The highest BCUT2D eigenvalue weighted by Gasteiger charge is 2.03. The maximum Gasteiger partial charge on any atom is 0.121 e. The smallest absolute Gasteiger partial charge is 0.121 e. The Hall–Kier alpha value is -0.730. The Bertz CT molecular complexity index is 312. The highest BCUT2D eigenvalue weighted by molar-refractivity contribution is 6.31. The van der Waals surface area contributed by atoms with E-state index in [1.54, 1.807) is 0 Å². The lowest BCUT2D eigenvalue weighted by molar-refractivity contribution is 0.242. The Morgan fingerprint density at radius 3 is 2.67 bits per heavy atom. The summed E-state index contributed by atoms with van der Waals surface area (Å²) in [6.07, 6.45) is 2.07. The Balaban J connectivity index is 2.69. The second-order valence-corrected chi connectivity index (χ2v) is 4.22. The zero-order valence-corrected chi connectivity index (χ0v) is 10.1. The molecule has 0 fully saturated rings. The Morgan fingerprint density at radius 2 is 2.13 bits per heavy atom. The van der Waals surface area contributed by atoms with Gasteiger partial charge in [0, 0.05) is 5.02 Å². The van der Waals surface area contributed by atoms with Gasteiger partial charge in [0.15, 0.2) is 0 Å². The number of ether oxygens (including phenoxy) is 1. The monoisotopic (exact) mass is 227 g/mol. The van der Waals surface area contributed by atoms with Gasteiger partial charge in [-0.3, -0.25) is 0 Å². The molecule has 0 spiro atoms. The second kappa shape index (κ2) is 5.99. The van der Waals surface area contributed by atoms with E-state index in [2.05, 4.69) is 0 Å².